The molecule has 78 valence electrons. The quantitative estimate of drug-likeness (QED) is 0.543. The molecule has 2 nitrogen and oxygen atoms in total. The highest BCUT2D eigenvalue weighted by molar-refractivity contribution is 4.67. The van der Waals surface area contributed by atoms with E-state index < -0.39 is 0 Å². The normalized spacial score (nSPS) is 23.1. The smallest absolute Gasteiger partial charge is 0.104 e. The van der Waals surface area contributed by atoms with E-state index in [1.807, 2.05) is 0 Å². The minimum Gasteiger partial charge on any atom is -0.378 e. The van der Waals surface area contributed by atoms with Crippen LogP contribution in [0, 0.1) is 5.92 Å². The van der Waals surface area contributed by atoms with Gasteiger partial charge in [-0.2, -0.15) is 0 Å². The highest BCUT2D eigenvalue weighted by atomic mass is 16.6. The zero-order chi connectivity index (χ0) is 9.52. The van der Waals surface area contributed by atoms with E-state index in [0.29, 0.717) is 6.10 Å². The van der Waals surface area contributed by atoms with Crippen molar-refractivity contribution < 1.29 is 9.47 Å². The molecule has 0 spiro atoms. The lowest BCUT2D eigenvalue weighted by atomic mass is 10.0. The van der Waals surface area contributed by atoms with Gasteiger partial charge >= 0.3 is 0 Å². The molecule has 13 heavy (non-hydrogen) atoms. The number of ether oxygens (including phenoxy) is 2. The third-order valence-corrected chi connectivity index (χ3v) is 2.60. The Morgan fingerprint density at radius 3 is 2.77 bits per heavy atom. The molecule has 0 aromatic carbocycles. The summed E-state index contributed by atoms with van der Waals surface area (Å²) in [5, 5.41) is 0. The molecule has 2 atom stereocenters. The van der Waals surface area contributed by atoms with Crippen molar-refractivity contribution in [1.29, 1.82) is 0 Å². The van der Waals surface area contributed by atoms with Gasteiger partial charge in [-0.3, -0.25) is 0 Å². The monoisotopic (exact) mass is 186 g/mol. The molecule has 1 heterocycles. The summed E-state index contributed by atoms with van der Waals surface area (Å²) in [6, 6.07) is 0. The van der Waals surface area contributed by atoms with Crippen molar-refractivity contribution in [3.63, 3.8) is 0 Å². The van der Waals surface area contributed by atoms with Crippen molar-refractivity contribution in [3.8, 4) is 0 Å². The summed E-state index contributed by atoms with van der Waals surface area (Å²) in [6.45, 7) is 7.13. The van der Waals surface area contributed by atoms with E-state index in [0.717, 1.165) is 25.7 Å². The molecule has 1 fully saturated rings. The maximum absolute atomic E-state index is 5.58. The average Bonchev–Trinajstić information content (AvgIpc) is 2.94. The summed E-state index contributed by atoms with van der Waals surface area (Å²) in [5.41, 5.74) is 0. The molecule has 0 amide bonds. The molecule has 1 saturated heterocycles. The first-order valence-corrected chi connectivity index (χ1v) is 5.56. The van der Waals surface area contributed by atoms with Gasteiger partial charge in [0.15, 0.2) is 0 Å². The zero-order valence-electron chi connectivity index (χ0n) is 8.92. The SMILES string of the molecule is CCCCC(CC)COC[C@H]1CO1. The first kappa shape index (κ1) is 11.0. The Morgan fingerprint density at radius 1 is 1.46 bits per heavy atom. The van der Waals surface area contributed by atoms with Gasteiger partial charge < -0.3 is 9.47 Å². The van der Waals surface area contributed by atoms with Crippen LogP contribution in [0.15, 0.2) is 0 Å². The van der Waals surface area contributed by atoms with Gasteiger partial charge in [-0.25, -0.2) is 0 Å². The Labute approximate surface area is 81.6 Å². The fourth-order valence-corrected chi connectivity index (χ4v) is 1.43. The molecule has 1 aliphatic heterocycles. The van der Waals surface area contributed by atoms with E-state index >= 15 is 0 Å². The van der Waals surface area contributed by atoms with Gasteiger partial charge in [0, 0.05) is 6.61 Å². The van der Waals surface area contributed by atoms with Gasteiger partial charge in [-0.05, 0) is 12.3 Å². The third kappa shape index (κ3) is 5.27. The molecule has 2 heteroatoms. The second kappa shape index (κ2) is 6.39. The summed E-state index contributed by atoms with van der Waals surface area (Å²) < 4.78 is 10.7. The first-order chi connectivity index (χ1) is 6.36. The second-order valence-corrected chi connectivity index (χ2v) is 3.91. The van der Waals surface area contributed by atoms with Gasteiger partial charge in [-0.15, -0.1) is 0 Å². The topological polar surface area (TPSA) is 21.8 Å². The fraction of sp³-hybridized carbons (Fsp3) is 1.00. The standard InChI is InChI=1S/C11H22O2/c1-3-5-6-10(4-2)7-12-8-11-9-13-11/h10-11H,3-9H2,1-2H3/t10?,11-/m0/s1. The largest absolute Gasteiger partial charge is 0.378 e. The maximum atomic E-state index is 5.58. The molecule has 1 unspecified atom stereocenters. The Morgan fingerprint density at radius 2 is 2.23 bits per heavy atom. The average molecular weight is 186 g/mol. The lowest BCUT2D eigenvalue weighted by molar-refractivity contribution is 0.0813. The third-order valence-electron chi connectivity index (χ3n) is 2.60. The lowest BCUT2D eigenvalue weighted by Gasteiger charge is -2.13. The predicted octanol–water partition coefficient (Wildman–Crippen LogP) is 2.62. The molecular weight excluding hydrogens is 164 g/mol. The maximum Gasteiger partial charge on any atom is 0.104 e. The van der Waals surface area contributed by atoms with Gasteiger partial charge in [0.25, 0.3) is 0 Å². The van der Waals surface area contributed by atoms with E-state index in [2.05, 4.69) is 13.8 Å². The molecule has 0 radical (unpaired) electrons. The molecular formula is C11H22O2. The molecule has 0 aliphatic carbocycles. The van der Waals surface area contributed by atoms with Crippen molar-refractivity contribution in [2.75, 3.05) is 19.8 Å². The number of rotatable bonds is 8. The Kier molecular flexibility index (Phi) is 5.40. The van der Waals surface area contributed by atoms with Crippen LogP contribution in [-0.4, -0.2) is 25.9 Å². The molecule has 1 rings (SSSR count). The van der Waals surface area contributed by atoms with Gasteiger partial charge in [0.2, 0.25) is 0 Å². The zero-order valence-corrected chi connectivity index (χ0v) is 8.92. The van der Waals surface area contributed by atoms with Crippen LogP contribution in [0.5, 0.6) is 0 Å². The molecule has 0 aromatic rings. The van der Waals surface area contributed by atoms with Crippen LogP contribution in [0.25, 0.3) is 0 Å². The Balaban J connectivity index is 1.93. The van der Waals surface area contributed by atoms with Crippen LogP contribution in [0.2, 0.25) is 0 Å². The summed E-state index contributed by atoms with van der Waals surface area (Å²) in [4.78, 5) is 0. The van der Waals surface area contributed by atoms with E-state index in [9.17, 15) is 0 Å². The fourth-order valence-electron chi connectivity index (χ4n) is 1.43. The summed E-state index contributed by atoms with van der Waals surface area (Å²) in [6.07, 6.45) is 5.61. The summed E-state index contributed by atoms with van der Waals surface area (Å²) >= 11 is 0. The van der Waals surface area contributed by atoms with Crippen molar-refractivity contribution >= 4 is 0 Å². The number of unbranched alkanes of at least 4 members (excludes halogenated alkanes) is 1. The van der Waals surface area contributed by atoms with Crippen LogP contribution >= 0.6 is 0 Å². The first-order valence-electron chi connectivity index (χ1n) is 5.56. The van der Waals surface area contributed by atoms with Crippen LogP contribution in [0.4, 0.5) is 0 Å². The van der Waals surface area contributed by atoms with Crippen molar-refractivity contribution in [3.05, 3.63) is 0 Å². The van der Waals surface area contributed by atoms with Crippen LogP contribution in [0.1, 0.15) is 39.5 Å². The number of hydrogen-bond donors (Lipinski definition) is 0. The molecule has 0 N–H and O–H groups in total. The van der Waals surface area contributed by atoms with E-state index in [4.69, 9.17) is 9.47 Å². The van der Waals surface area contributed by atoms with E-state index in [-0.39, 0.29) is 0 Å². The molecule has 0 bridgehead atoms. The van der Waals surface area contributed by atoms with Gasteiger partial charge in [0.1, 0.15) is 6.10 Å². The van der Waals surface area contributed by atoms with E-state index in [1.54, 1.807) is 0 Å². The minimum atomic E-state index is 0.420. The predicted molar refractivity (Wildman–Crippen MR) is 53.9 cm³/mol. The highest BCUT2D eigenvalue weighted by Gasteiger charge is 2.22. The second-order valence-electron chi connectivity index (χ2n) is 3.91. The van der Waals surface area contributed by atoms with E-state index in [1.165, 1.54) is 25.7 Å². The number of epoxide rings is 1. The van der Waals surface area contributed by atoms with Crippen molar-refractivity contribution in [2.45, 2.75) is 45.6 Å². The highest BCUT2D eigenvalue weighted by Crippen LogP contribution is 2.14. The van der Waals surface area contributed by atoms with Crippen LogP contribution in [-0.2, 0) is 9.47 Å². The van der Waals surface area contributed by atoms with Crippen LogP contribution < -0.4 is 0 Å². The minimum absolute atomic E-state index is 0.420. The Hall–Kier alpha value is -0.0800. The summed E-state index contributed by atoms with van der Waals surface area (Å²) in [5.74, 6) is 0.763. The number of hydrogen-bond acceptors (Lipinski definition) is 2. The molecule has 0 aromatic heterocycles. The van der Waals surface area contributed by atoms with Crippen LogP contribution in [0.3, 0.4) is 0 Å². The molecule has 0 saturated carbocycles. The van der Waals surface area contributed by atoms with Gasteiger partial charge in [-0.1, -0.05) is 33.1 Å². The Bertz CT molecular complexity index is 121. The van der Waals surface area contributed by atoms with Crippen molar-refractivity contribution in [2.24, 2.45) is 5.92 Å². The lowest BCUT2D eigenvalue weighted by Crippen LogP contribution is -2.11. The summed E-state index contributed by atoms with van der Waals surface area (Å²) in [7, 11) is 0. The van der Waals surface area contributed by atoms with Gasteiger partial charge in [0.05, 0.1) is 13.2 Å². The van der Waals surface area contributed by atoms with Crippen molar-refractivity contribution in [1.82, 2.24) is 0 Å². The molecule has 1 aliphatic rings.